The summed E-state index contributed by atoms with van der Waals surface area (Å²) in [6.07, 6.45) is 6.28. The average molecular weight is 373 g/mol. The molecule has 1 amide bonds. The zero-order valence-electron chi connectivity index (χ0n) is 16.9. The van der Waals surface area contributed by atoms with Gasteiger partial charge in [-0.2, -0.15) is 0 Å². The average Bonchev–Trinajstić information content (AvgIpc) is 3.07. The van der Waals surface area contributed by atoms with Crippen molar-refractivity contribution in [2.75, 3.05) is 51.2 Å². The zero-order chi connectivity index (χ0) is 19.1. The van der Waals surface area contributed by atoms with E-state index >= 15 is 0 Å². The highest BCUT2D eigenvalue weighted by molar-refractivity contribution is 5.95. The molecule has 6 heteroatoms. The van der Waals surface area contributed by atoms with E-state index in [1.54, 1.807) is 6.20 Å². The second kappa shape index (κ2) is 7.06. The van der Waals surface area contributed by atoms with Gasteiger partial charge in [-0.05, 0) is 45.9 Å². The summed E-state index contributed by atoms with van der Waals surface area (Å²) in [7, 11) is 2.14. The number of carbonyl (C=O) groups excluding carboxylic acids is 1. The Kier molecular flexibility index (Phi) is 4.89. The van der Waals surface area contributed by atoms with E-state index in [4.69, 9.17) is 4.74 Å². The van der Waals surface area contributed by atoms with Gasteiger partial charge in [-0.1, -0.05) is 12.8 Å². The highest BCUT2D eigenvalue weighted by Gasteiger charge is 2.47. The van der Waals surface area contributed by atoms with Gasteiger partial charge in [0, 0.05) is 44.5 Å². The lowest BCUT2D eigenvalue weighted by Crippen LogP contribution is -2.60. The molecule has 6 nitrogen and oxygen atoms in total. The van der Waals surface area contributed by atoms with E-state index < -0.39 is 0 Å². The molecule has 0 bridgehead atoms. The van der Waals surface area contributed by atoms with Crippen molar-refractivity contribution in [2.45, 2.75) is 50.7 Å². The maximum atomic E-state index is 13.3. The number of hydrogen-bond acceptors (Lipinski definition) is 5. The number of piperazine rings is 1. The van der Waals surface area contributed by atoms with Crippen molar-refractivity contribution in [1.29, 1.82) is 0 Å². The van der Waals surface area contributed by atoms with Crippen LogP contribution in [0.1, 0.15) is 49.9 Å². The molecule has 1 aromatic heterocycles. The summed E-state index contributed by atoms with van der Waals surface area (Å²) in [6, 6.07) is 3.82. The number of ether oxygens (including phenoxy) is 1. The maximum absolute atomic E-state index is 13.3. The lowest BCUT2D eigenvalue weighted by atomic mass is 9.93. The third-order valence-corrected chi connectivity index (χ3v) is 6.17. The van der Waals surface area contributed by atoms with Crippen LogP contribution in [0.5, 0.6) is 0 Å². The molecule has 148 valence electrons. The van der Waals surface area contributed by atoms with E-state index in [1.807, 2.05) is 17.0 Å². The van der Waals surface area contributed by atoms with E-state index in [-0.39, 0.29) is 17.1 Å². The van der Waals surface area contributed by atoms with Gasteiger partial charge >= 0.3 is 0 Å². The van der Waals surface area contributed by atoms with Crippen molar-refractivity contribution < 1.29 is 9.53 Å². The summed E-state index contributed by atoms with van der Waals surface area (Å²) in [5.74, 6) is 1.02. The molecule has 0 atom stereocenters. The molecule has 2 aliphatic heterocycles. The number of carbonyl (C=O) groups is 1. The lowest BCUT2D eigenvalue weighted by molar-refractivity contribution is -0.184. The van der Waals surface area contributed by atoms with E-state index in [0.29, 0.717) is 13.1 Å². The van der Waals surface area contributed by atoms with Gasteiger partial charge in [0.1, 0.15) is 5.82 Å². The summed E-state index contributed by atoms with van der Waals surface area (Å²) in [5.41, 5.74) is 0.292. The number of pyridine rings is 1. The first-order valence-corrected chi connectivity index (χ1v) is 10.2. The van der Waals surface area contributed by atoms with Crippen LogP contribution in [0.3, 0.4) is 0 Å². The van der Waals surface area contributed by atoms with Crippen LogP contribution >= 0.6 is 0 Å². The van der Waals surface area contributed by atoms with E-state index in [1.165, 1.54) is 12.8 Å². The largest absolute Gasteiger partial charge is 0.365 e. The third kappa shape index (κ3) is 3.97. The summed E-state index contributed by atoms with van der Waals surface area (Å²) in [4.78, 5) is 24.5. The fourth-order valence-corrected chi connectivity index (χ4v) is 4.88. The Balaban J connectivity index is 1.53. The summed E-state index contributed by atoms with van der Waals surface area (Å²) in [6.45, 7) is 9.52. The minimum absolute atomic E-state index is 0.107. The normalized spacial score (nSPS) is 25.1. The second-order valence-corrected chi connectivity index (χ2v) is 9.11. The third-order valence-electron chi connectivity index (χ3n) is 6.17. The van der Waals surface area contributed by atoms with Gasteiger partial charge in [-0.15, -0.1) is 0 Å². The zero-order valence-corrected chi connectivity index (χ0v) is 16.9. The first kappa shape index (κ1) is 18.7. The Morgan fingerprint density at radius 2 is 1.81 bits per heavy atom. The van der Waals surface area contributed by atoms with Crippen LogP contribution in [0.2, 0.25) is 0 Å². The smallest absolute Gasteiger partial charge is 0.254 e. The van der Waals surface area contributed by atoms with E-state index in [9.17, 15) is 4.79 Å². The molecule has 0 N–H and O–H groups in total. The van der Waals surface area contributed by atoms with E-state index in [2.05, 4.69) is 35.7 Å². The molecule has 1 spiro atoms. The van der Waals surface area contributed by atoms with Gasteiger partial charge in [-0.25, -0.2) is 4.98 Å². The monoisotopic (exact) mass is 372 g/mol. The summed E-state index contributed by atoms with van der Waals surface area (Å²) in [5, 5.41) is 0. The highest BCUT2D eigenvalue weighted by Crippen LogP contribution is 2.41. The van der Waals surface area contributed by atoms with Gasteiger partial charge in [0.05, 0.1) is 17.7 Å². The van der Waals surface area contributed by atoms with Crippen molar-refractivity contribution >= 4 is 11.7 Å². The fraction of sp³-hybridized carbons (Fsp3) is 0.714. The van der Waals surface area contributed by atoms with E-state index in [0.717, 1.165) is 50.4 Å². The number of amides is 1. The molecular weight excluding hydrogens is 340 g/mol. The summed E-state index contributed by atoms with van der Waals surface area (Å²) >= 11 is 0. The fourth-order valence-electron chi connectivity index (χ4n) is 4.88. The number of likely N-dealkylation sites (N-methyl/N-ethyl adjacent to an activating group) is 1. The van der Waals surface area contributed by atoms with Crippen LogP contribution in [0, 0.1) is 0 Å². The topological polar surface area (TPSA) is 48.9 Å². The SMILES string of the molecule is CN1CCN(c2cc(C(=O)N3CC(C)(C)OC4(CCCC4)C3)ccn2)CC1. The first-order chi connectivity index (χ1) is 12.9. The number of anilines is 1. The molecule has 0 aromatic carbocycles. The van der Waals surface area contributed by atoms with Crippen LogP contribution in [0.25, 0.3) is 0 Å². The number of hydrogen-bond donors (Lipinski definition) is 0. The number of aromatic nitrogens is 1. The van der Waals surface area contributed by atoms with Gasteiger partial charge in [0.15, 0.2) is 0 Å². The lowest BCUT2D eigenvalue weighted by Gasteiger charge is -2.48. The standard InChI is InChI=1S/C21H32N4O2/c1-20(2)15-25(16-21(27-20)7-4-5-8-21)19(26)17-6-9-22-18(14-17)24-12-10-23(3)11-13-24/h6,9,14H,4-5,7-8,10-13,15-16H2,1-3H3. The van der Waals surface area contributed by atoms with Gasteiger partial charge < -0.3 is 19.4 Å². The van der Waals surface area contributed by atoms with Gasteiger partial charge in [0.2, 0.25) is 0 Å². The molecule has 2 saturated heterocycles. The molecule has 0 unspecified atom stereocenters. The van der Waals surface area contributed by atoms with Crippen molar-refractivity contribution in [3.05, 3.63) is 23.9 Å². The van der Waals surface area contributed by atoms with Crippen molar-refractivity contribution in [1.82, 2.24) is 14.8 Å². The van der Waals surface area contributed by atoms with Crippen molar-refractivity contribution in [3.63, 3.8) is 0 Å². The van der Waals surface area contributed by atoms with Crippen LogP contribution in [0.15, 0.2) is 18.3 Å². The van der Waals surface area contributed by atoms with Gasteiger partial charge in [0.25, 0.3) is 5.91 Å². The number of nitrogens with zero attached hydrogens (tertiary/aromatic N) is 4. The molecule has 0 radical (unpaired) electrons. The predicted molar refractivity (Wildman–Crippen MR) is 106 cm³/mol. The van der Waals surface area contributed by atoms with Crippen LogP contribution in [-0.4, -0.2) is 78.2 Å². The molecule has 3 heterocycles. The molecule has 1 saturated carbocycles. The minimum atomic E-state index is -0.300. The van der Waals surface area contributed by atoms with Crippen LogP contribution in [0.4, 0.5) is 5.82 Å². The molecule has 3 fully saturated rings. The Morgan fingerprint density at radius 3 is 2.52 bits per heavy atom. The van der Waals surface area contributed by atoms with Crippen molar-refractivity contribution in [3.8, 4) is 0 Å². The Morgan fingerprint density at radius 1 is 1.11 bits per heavy atom. The Bertz CT molecular complexity index is 691. The Hall–Kier alpha value is -1.66. The number of rotatable bonds is 2. The quantitative estimate of drug-likeness (QED) is 0.798. The molecule has 1 aliphatic carbocycles. The molecule has 27 heavy (non-hydrogen) atoms. The minimum Gasteiger partial charge on any atom is -0.365 e. The number of morpholine rings is 1. The summed E-state index contributed by atoms with van der Waals surface area (Å²) < 4.78 is 6.45. The Labute approximate surface area is 162 Å². The van der Waals surface area contributed by atoms with Gasteiger partial charge in [-0.3, -0.25) is 4.79 Å². The predicted octanol–water partition coefficient (Wildman–Crippen LogP) is 2.40. The van der Waals surface area contributed by atoms with Crippen molar-refractivity contribution in [2.24, 2.45) is 0 Å². The van der Waals surface area contributed by atoms with Crippen LogP contribution in [-0.2, 0) is 4.74 Å². The first-order valence-electron chi connectivity index (χ1n) is 10.2. The maximum Gasteiger partial charge on any atom is 0.254 e. The molecule has 4 rings (SSSR count). The molecule has 1 aromatic rings. The molecule has 3 aliphatic rings. The highest BCUT2D eigenvalue weighted by atomic mass is 16.5. The molecular formula is C21H32N4O2. The van der Waals surface area contributed by atoms with Crippen LogP contribution < -0.4 is 4.90 Å². The second-order valence-electron chi connectivity index (χ2n) is 9.11.